The van der Waals surface area contributed by atoms with Crippen LogP contribution in [-0.2, 0) is 25.6 Å². The highest BCUT2D eigenvalue weighted by Gasteiger charge is 2.48. The summed E-state index contributed by atoms with van der Waals surface area (Å²) in [7, 11) is 0. The lowest BCUT2D eigenvalue weighted by molar-refractivity contribution is -0.157. The van der Waals surface area contributed by atoms with Crippen LogP contribution < -0.4 is 10.1 Å². The van der Waals surface area contributed by atoms with E-state index >= 15 is 0 Å². The molecule has 0 bridgehead atoms. The number of allylic oxidation sites excluding steroid dienone is 2. The van der Waals surface area contributed by atoms with E-state index in [0.29, 0.717) is 24.3 Å². The summed E-state index contributed by atoms with van der Waals surface area (Å²) in [6.45, 7) is 10.0. The number of hydrogen-bond acceptors (Lipinski definition) is 6. The number of unbranched alkanes of at least 4 members (excludes halogenated alkanes) is 8. The molecule has 1 aromatic carbocycles. The fourth-order valence-corrected chi connectivity index (χ4v) is 5.43. The van der Waals surface area contributed by atoms with Crippen LogP contribution in [0.1, 0.15) is 110 Å². The minimum absolute atomic E-state index is 0.0909. The van der Waals surface area contributed by atoms with Crippen LogP contribution in [0, 0.1) is 11.3 Å². The predicted molar refractivity (Wildman–Crippen MR) is 187 cm³/mol. The molecule has 1 amide bonds. The summed E-state index contributed by atoms with van der Waals surface area (Å²) in [5.74, 6) is -6.17. The second kappa shape index (κ2) is 23.4. The van der Waals surface area contributed by atoms with Crippen molar-refractivity contribution in [3.05, 3.63) is 66.3 Å². The molecule has 0 aliphatic heterocycles. The fourth-order valence-electron chi connectivity index (χ4n) is 5.43. The van der Waals surface area contributed by atoms with E-state index in [-0.39, 0.29) is 12.5 Å². The number of hydrogen-bond donors (Lipinski definition) is 5. The molecule has 0 spiro atoms. The number of aliphatic hydroxyl groups is 1. The van der Waals surface area contributed by atoms with Gasteiger partial charge in [-0.2, -0.15) is 0 Å². The number of ether oxygens (including phenoxy) is 1. The van der Waals surface area contributed by atoms with Crippen molar-refractivity contribution in [1.82, 2.24) is 5.32 Å². The average Bonchev–Trinajstić information content (AvgIpc) is 3.03. The molecule has 48 heavy (non-hydrogen) atoms. The quantitative estimate of drug-likeness (QED) is 0.0483. The van der Waals surface area contributed by atoms with Gasteiger partial charge in [0.2, 0.25) is 5.91 Å². The first-order valence-corrected chi connectivity index (χ1v) is 17.2. The first-order valence-electron chi connectivity index (χ1n) is 17.2. The number of benzene rings is 1. The van der Waals surface area contributed by atoms with Gasteiger partial charge in [-0.15, -0.1) is 6.58 Å². The van der Waals surface area contributed by atoms with Gasteiger partial charge in [-0.1, -0.05) is 94.2 Å². The van der Waals surface area contributed by atoms with Crippen molar-refractivity contribution in [2.75, 3.05) is 6.61 Å². The van der Waals surface area contributed by atoms with Gasteiger partial charge in [-0.05, 0) is 63.3 Å². The van der Waals surface area contributed by atoms with Crippen molar-refractivity contribution in [1.29, 1.82) is 0 Å². The van der Waals surface area contributed by atoms with Gasteiger partial charge in [-0.25, -0.2) is 4.79 Å². The van der Waals surface area contributed by atoms with Crippen molar-refractivity contribution in [3.63, 3.8) is 0 Å². The van der Waals surface area contributed by atoms with Gasteiger partial charge >= 0.3 is 17.9 Å². The fraction of sp³-hybridized carbons (Fsp3) is 0.579. The Labute approximate surface area is 286 Å². The monoisotopic (exact) mass is 671 g/mol. The number of carboxylic acid groups (broad SMARTS) is 3. The van der Waals surface area contributed by atoms with E-state index in [1.165, 1.54) is 25.3 Å². The SMILES string of the molecule is C=C[C@](CC(=O)O)(C(=O)O)[C@H](/C=C/CCCCCCC(O)CCCCCCC)C(=O)N[C@@H](Cc1ccc(OCC=C(C)C)cc1)C(=O)O. The van der Waals surface area contributed by atoms with Crippen LogP contribution in [0.2, 0.25) is 0 Å². The Kier molecular flexibility index (Phi) is 20.5. The Morgan fingerprint density at radius 3 is 2.04 bits per heavy atom. The molecule has 5 N–H and O–H groups in total. The van der Waals surface area contributed by atoms with Crippen molar-refractivity contribution in [2.24, 2.45) is 11.3 Å². The predicted octanol–water partition coefficient (Wildman–Crippen LogP) is 7.11. The number of carbonyl (C=O) groups is 4. The lowest BCUT2D eigenvalue weighted by Gasteiger charge is -2.31. The van der Waals surface area contributed by atoms with Gasteiger partial charge in [0, 0.05) is 6.42 Å². The highest BCUT2D eigenvalue weighted by Crippen LogP contribution is 2.36. The third-order valence-electron chi connectivity index (χ3n) is 8.39. The van der Waals surface area contributed by atoms with E-state index in [9.17, 15) is 39.6 Å². The summed E-state index contributed by atoms with van der Waals surface area (Å²) in [6.07, 6.45) is 15.9. The van der Waals surface area contributed by atoms with Crippen LogP contribution >= 0.6 is 0 Å². The number of amides is 1. The van der Waals surface area contributed by atoms with E-state index < -0.39 is 47.6 Å². The molecule has 0 radical (unpaired) electrons. The lowest BCUT2D eigenvalue weighted by Crippen LogP contribution is -2.51. The molecule has 268 valence electrons. The zero-order valence-corrected chi connectivity index (χ0v) is 29.0. The second-order valence-corrected chi connectivity index (χ2v) is 12.7. The molecule has 1 rings (SSSR count). The molecular formula is C38H57NO9. The normalized spacial score (nSPS) is 14.3. The summed E-state index contributed by atoms with van der Waals surface area (Å²) in [4.78, 5) is 50.0. The Morgan fingerprint density at radius 2 is 1.52 bits per heavy atom. The van der Waals surface area contributed by atoms with Gasteiger partial charge in [0.15, 0.2) is 0 Å². The van der Waals surface area contributed by atoms with E-state index in [0.717, 1.165) is 63.0 Å². The van der Waals surface area contributed by atoms with Crippen molar-refractivity contribution in [2.45, 2.75) is 123 Å². The zero-order chi connectivity index (χ0) is 36.0. The molecule has 0 aliphatic carbocycles. The lowest BCUT2D eigenvalue weighted by atomic mass is 9.71. The highest BCUT2D eigenvalue weighted by molar-refractivity contribution is 5.94. The minimum Gasteiger partial charge on any atom is -0.490 e. The van der Waals surface area contributed by atoms with Crippen LogP contribution in [0.5, 0.6) is 5.75 Å². The first-order chi connectivity index (χ1) is 22.9. The molecule has 0 aliphatic rings. The number of rotatable bonds is 27. The van der Waals surface area contributed by atoms with Crippen molar-refractivity contribution >= 4 is 23.8 Å². The van der Waals surface area contributed by atoms with Crippen LogP contribution in [0.15, 0.2) is 60.7 Å². The first kappa shape index (κ1) is 42.1. The van der Waals surface area contributed by atoms with Crippen LogP contribution in [0.25, 0.3) is 0 Å². The summed E-state index contributed by atoms with van der Waals surface area (Å²) >= 11 is 0. The Morgan fingerprint density at radius 1 is 0.917 bits per heavy atom. The molecule has 0 saturated heterocycles. The maximum absolute atomic E-state index is 13.6. The third kappa shape index (κ3) is 16.3. The van der Waals surface area contributed by atoms with E-state index in [2.05, 4.69) is 18.8 Å². The van der Waals surface area contributed by atoms with Gasteiger partial charge in [-0.3, -0.25) is 14.4 Å². The molecular weight excluding hydrogens is 614 g/mol. The summed E-state index contributed by atoms with van der Waals surface area (Å²) in [6, 6.07) is 5.35. The third-order valence-corrected chi connectivity index (χ3v) is 8.39. The zero-order valence-electron chi connectivity index (χ0n) is 29.0. The van der Waals surface area contributed by atoms with Gasteiger partial charge in [0.05, 0.1) is 18.4 Å². The van der Waals surface area contributed by atoms with Gasteiger partial charge in [0.25, 0.3) is 0 Å². The van der Waals surface area contributed by atoms with E-state index in [1.54, 1.807) is 30.3 Å². The number of carboxylic acids is 3. The molecule has 1 unspecified atom stereocenters. The number of nitrogens with one attached hydrogen (secondary N) is 1. The molecule has 0 heterocycles. The molecule has 0 aromatic heterocycles. The molecule has 0 fully saturated rings. The smallest absolute Gasteiger partial charge is 0.326 e. The van der Waals surface area contributed by atoms with E-state index in [1.807, 2.05) is 19.9 Å². The average molecular weight is 672 g/mol. The molecule has 0 saturated carbocycles. The van der Waals surface area contributed by atoms with E-state index in [4.69, 9.17) is 4.74 Å². The Bertz CT molecular complexity index is 1200. The Balaban J connectivity index is 2.91. The maximum Gasteiger partial charge on any atom is 0.326 e. The molecule has 1 aromatic rings. The largest absolute Gasteiger partial charge is 0.490 e. The minimum atomic E-state index is -2.20. The number of carbonyl (C=O) groups excluding carboxylic acids is 1. The Hall–Kier alpha value is -3.92. The summed E-state index contributed by atoms with van der Waals surface area (Å²) in [5.41, 5.74) is -0.494. The van der Waals surface area contributed by atoms with Crippen molar-refractivity contribution < 1.29 is 44.3 Å². The highest BCUT2D eigenvalue weighted by atomic mass is 16.5. The number of aliphatic carboxylic acids is 3. The van der Waals surface area contributed by atoms with Crippen LogP contribution in [0.3, 0.4) is 0 Å². The number of aliphatic hydroxyl groups excluding tert-OH is 1. The van der Waals surface area contributed by atoms with Gasteiger partial charge in [0.1, 0.15) is 23.8 Å². The molecule has 10 nitrogen and oxygen atoms in total. The topological polar surface area (TPSA) is 170 Å². The van der Waals surface area contributed by atoms with Gasteiger partial charge < -0.3 is 30.5 Å². The van der Waals surface area contributed by atoms with Crippen LogP contribution in [0.4, 0.5) is 0 Å². The second-order valence-electron chi connectivity index (χ2n) is 12.7. The standard InChI is InChI=1S/C38H57NO9/c1-5-7-8-11-14-17-30(40)18-15-12-9-10-13-16-19-32(38(6-2,37(46)47)27-34(41)42)35(43)39-33(36(44)45)26-29-20-22-31(23-21-29)48-25-24-28(3)4/h6,16,19-24,30,32-33,40H,2,5,7-15,17-18,25-27H2,1,3-4H3,(H,39,43)(H,41,42)(H,44,45)(H,46,47)/b19-16+/t30?,32-,33+,38-/m1/s1. The molecule has 4 atom stereocenters. The summed E-state index contributed by atoms with van der Waals surface area (Å²) < 4.78 is 5.64. The summed E-state index contributed by atoms with van der Waals surface area (Å²) in [5, 5.41) is 42.2. The van der Waals surface area contributed by atoms with Crippen molar-refractivity contribution in [3.8, 4) is 5.75 Å². The van der Waals surface area contributed by atoms with Crippen LogP contribution in [-0.4, -0.2) is 63.0 Å². The molecule has 10 heteroatoms. The maximum atomic E-state index is 13.6.